The summed E-state index contributed by atoms with van der Waals surface area (Å²) in [5, 5.41) is 93.2. The van der Waals surface area contributed by atoms with E-state index in [1.807, 2.05) is 127 Å². The maximum absolute atomic E-state index is 13.7. The smallest absolute Gasteiger partial charge is 0.165 e. The van der Waals surface area contributed by atoms with E-state index in [4.69, 9.17) is 28.4 Å². The van der Waals surface area contributed by atoms with Gasteiger partial charge in [-0.2, -0.15) is 0 Å². The van der Waals surface area contributed by atoms with E-state index < -0.39 is 0 Å². The Kier molecular flexibility index (Phi) is 42.6. The summed E-state index contributed by atoms with van der Waals surface area (Å²) >= 11 is 0. The summed E-state index contributed by atoms with van der Waals surface area (Å²) in [5.41, 5.74) is 11.7. The minimum Gasteiger partial charge on any atom is -0.507 e. The molecule has 0 bridgehead atoms. The van der Waals surface area contributed by atoms with Gasteiger partial charge in [0, 0.05) is 82.7 Å². The monoisotopic (exact) mass is 1810 g/mol. The van der Waals surface area contributed by atoms with E-state index >= 15 is 0 Å². The quantitative estimate of drug-likeness (QED) is 0.0187. The highest BCUT2D eigenvalue weighted by Gasteiger charge is 2.26. The van der Waals surface area contributed by atoms with Crippen LogP contribution in [-0.4, -0.2) is 116 Å². The highest BCUT2D eigenvalue weighted by Crippen LogP contribution is 2.39. The van der Waals surface area contributed by atoms with E-state index in [9.17, 15) is 35.0 Å². The number of halogens is 1. The lowest BCUT2D eigenvalue weighted by Crippen LogP contribution is -2.22. The van der Waals surface area contributed by atoms with E-state index in [0.717, 1.165) is 92.5 Å². The minimum absolute atomic E-state index is 0.0104. The van der Waals surface area contributed by atoms with Crippen LogP contribution in [0.2, 0.25) is 0 Å². The molecule has 0 saturated heterocycles. The standard InChI is InChI=1S/C22H31FNOP.C16H20NO3P.2C16H20NO2P.2C15H18NO2P/c1-21(2,3)15-11-17(22(4,5)6)20(25)19(12-15)26-18-9-8-16(23)10-14(18)13-24-7;1-17-10-11-6-4-5-7-14(11)21-15-9-12(19-2)8-13(20-3)16(15)18;1-11-4-7-15(12(8-11)10-17-2)20-16-9-13(19-3)5-6-14(16)18;1-11-6-4-7-12(10-17-2)16(11)20-14-9-5-8-13(19-3)15(14)18;1-16-10-11-6-3-4-8-13(11)19-14-9-5-7-12(18-2)15(14)17;1-16-10-11-5-3-4-6-14(11)19-15-9-12(18-2)7-8-13(15)17/h8-12,24-26H,13H2,1-7H3;4-9,17-18,21H,10H2,1-3H3;2*4-9,17-18,20H,10H2,1-3H3;2*3-9,16-17,19H,10H2,1-2H3. The molecule has 12 aromatic carbocycles. The van der Waals surface area contributed by atoms with Crippen LogP contribution >= 0.6 is 51.5 Å². The fourth-order valence-corrected chi connectivity index (χ4v) is 20.5. The van der Waals surface area contributed by atoms with Gasteiger partial charge < -0.3 is 91.0 Å². The molecule has 0 aromatic heterocycles. The van der Waals surface area contributed by atoms with Gasteiger partial charge in [0.05, 0.1) is 42.7 Å². The van der Waals surface area contributed by atoms with Crippen LogP contribution in [0.4, 0.5) is 4.39 Å². The molecule has 0 saturated carbocycles. The summed E-state index contributed by atoms with van der Waals surface area (Å²) in [6.45, 7) is 21.8. The highest BCUT2D eigenvalue weighted by atomic mass is 31.1. The van der Waals surface area contributed by atoms with Crippen molar-refractivity contribution in [1.82, 2.24) is 31.9 Å². The number of phenols is 6. The van der Waals surface area contributed by atoms with E-state index in [-0.39, 0.29) is 42.5 Å². The molecule has 6 atom stereocenters. The summed E-state index contributed by atoms with van der Waals surface area (Å²) in [6, 6.07) is 72.1. The molecular formula is C100H127FN6O12P6. The second kappa shape index (κ2) is 52.0. The van der Waals surface area contributed by atoms with Crippen LogP contribution in [0.5, 0.6) is 69.0 Å². The molecule has 0 heterocycles. The number of hydrogen-bond donors (Lipinski definition) is 12. The number of rotatable bonds is 30. The van der Waals surface area contributed by atoms with Gasteiger partial charge in [0.15, 0.2) is 34.5 Å². The fraction of sp³-hybridized carbons (Fsp3) is 0.280. The van der Waals surface area contributed by atoms with Crippen molar-refractivity contribution in [1.29, 1.82) is 0 Å². The first-order valence-electron chi connectivity index (χ1n) is 40.9. The molecule has 25 heteroatoms. The van der Waals surface area contributed by atoms with Crippen LogP contribution < -0.4 is 124 Å². The van der Waals surface area contributed by atoms with E-state index in [1.54, 1.807) is 84.1 Å². The normalized spacial score (nSPS) is 11.5. The lowest BCUT2D eigenvalue weighted by atomic mass is 9.80. The van der Waals surface area contributed by atoms with Crippen LogP contribution in [0.3, 0.4) is 0 Å². The number of para-hydroxylation sites is 2. The molecule has 0 aliphatic carbocycles. The van der Waals surface area contributed by atoms with Gasteiger partial charge in [-0.3, -0.25) is 0 Å². The van der Waals surface area contributed by atoms with Gasteiger partial charge in [-0.25, -0.2) is 4.39 Å². The molecular weight excluding hydrogens is 1680 g/mol. The molecule has 12 aromatic rings. The minimum atomic E-state index is -0.230. The first kappa shape index (κ1) is 103. The Labute approximate surface area is 751 Å². The van der Waals surface area contributed by atoms with Crippen LogP contribution in [0.15, 0.2) is 224 Å². The molecule has 125 heavy (non-hydrogen) atoms. The van der Waals surface area contributed by atoms with E-state index in [1.165, 1.54) is 84.2 Å². The molecule has 0 amide bonds. The van der Waals surface area contributed by atoms with Crippen LogP contribution in [0.1, 0.15) is 97.2 Å². The first-order chi connectivity index (χ1) is 59.9. The van der Waals surface area contributed by atoms with Crippen LogP contribution in [0, 0.1) is 19.7 Å². The summed E-state index contributed by atoms with van der Waals surface area (Å²) in [6.07, 6.45) is 0. The van der Waals surface area contributed by atoms with Gasteiger partial charge in [0.2, 0.25) is 0 Å². The molecule has 0 spiro atoms. The Bertz CT molecular complexity index is 5370. The van der Waals surface area contributed by atoms with Gasteiger partial charge in [-0.15, -0.1) is 0 Å². The summed E-state index contributed by atoms with van der Waals surface area (Å²) in [5.74, 6) is 5.13. The Balaban J connectivity index is 0.000000207. The van der Waals surface area contributed by atoms with Crippen molar-refractivity contribution in [2.24, 2.45) is 0 Å². The van der Waals surface area contributed by atoms with Gasteiger partial charge in [0.25, 0.3) is 0 Å². The van der Waals surface area contributed by atoms with Gasteiger partial charge in [-0.1, -0.05) is 244 Å². The molecule has 0 aliphatic rings. The van der Waals surface area contributed by atoms with Crippen molar-refractivity contribution in [2.75, 3.05) is 84.9 Å². The maximum atomic E-state index is 13.7. The lowest BCUT2D eigenvalue weighted by molar-refractivity contribution is 0.366. The lowest BCUT2D eigenvalue weighted by Gasteiger charge is -2.27. The number of methoxy groups -OCH3 is 6. The molecule has 6 unspecified atom stereocenters. The Morgan fingerprint density at radius 3 is 1.09 bits per heavy atom. The topological polar surface area (TPSA) is 249 Å². The number of benzene rings is 12. The maximum Gasteiger partial charge on any atom is 0.165 e. The van der Waals surface area contributed by atoms with Crippen molar-refractivity contribution < 1.29 is 63.5 Å². The van der Waals surface area contributed by atoms with Gasteiger partial charge >= 0.3 is 0 Å². The third-order valence-electron chi connectivity index (χ3n) is 19.7. The predicted octanol–water partition coefficient (Wildman–Crippen LogP) is 13.8. The Hall–Kier alpha value is -9.49. The van der Waals surface area contributed by atoms with Crippen molar-refractivity contribution in [3.05, 3.63) is 286 Å². The van der Waals surface area contributed by atoms with Crippen molar-refractivity contribution in [2.45, 2.75) is 105 Å². The molecule has 18 nitrogen and oxygen atoms in total. The number of ether oxygens (including phenoxy) is 6. The third-order valence-corrected chi connectivity index (χ3v) is 28.4. The SMILES string of the molecule is CNCc1cc(C)ccc1Pc1cc(OC)ccc1O.CNCc1cc(F)ccc1Pc1cc(C(C)(C)C)cc(C(C)(C)C)c1O.CNCc1cccc(C)c1Pc1cccc(OC)c1O.CNCc1ccccc1Pc1cc(OC)cc(OC)c1O.CNCc1ccccc1Pc1cc(OC)ccc1O.CNCc1ccccc1Pc1cccc(OC)c1O. The number of phenolic OH excluding ortho intramolecular Hbond substituents is 6. The van der Waals surface area contributed by atoms with Crippen LogP contribution in [-0.2, 0) is 50.1 Å². The second-order valence-corrected chi connectivity index (χ2v) is 39.0. The van der Waals surface area contributed by atoms with Crippen molar-refractivity contribution in [3.63, 3.8) is 0 Å². The van der Waals surface area contributed by atoms with E-state index in [0.29, 0.717) is 89.7 Å². The molecule has 12 N–H and O–H groups in total. The van der Waals surface area contributed by atoms with Crippen molar-refractivity contribution >= 4 is 115 Å². The fourth-order valence-electron chi connectivity index (χ4n) is 13.0. The third kappa shape index (κ3) is 31.2. The average Bonchev–Trinajstić information content (AvgIpc) is 0.778. The second-order valence-electron chi connectivity index (χ2n) is 31.1. The highest BCUT2D eigenvalue weighted by molar-refractivity contribution is 7.57. The first-order valence-corrected chi connectivity index (χ1v) is 46.9. The zero-order valence-corrected chi connectivity index (χ0v) is 81.6. The summed E-state index contributed by atoms with van der Waals surface area (Å²) < 4.78 is 44.9. The average molecular weight is 1810 g/mol. The largest absolute Gasteiger partial charge is 0.507 e. The molecule has 666 valence electrons. The predicted molar refractivity (Wildman–Crippen MR) is 536 cm³/mol. The van der Waals surface area contributed by atoms with Crippen LogP contribution in [0.25, 0.3) is 0 Å². The summed E-state index contributed by atoms with van der Waals surface area (Å²) in [4.78, 5) is 0. The Morgan fingerprint density at radius 2 is 0.648 bits per heavy atom. The molecule has 12 rings (SSSR count). The zero-order valence-electron chi connectivity index (χ0n) is 75.6. The zero-order chi connectivity index (χ0) is 91.3. The van der Waals surface area contributed by atoms with E-state index in [2.05, 4.69) is 172 Å². The van der Waals surface area contributed by atoms with Gasteiger partial charge in [-0.05, 0) is 216 Å². The molecule has 0 radical (unpaired) electrons. The summed E-state index contributed by atoms with van der Waals surface area (Å²) in [7, 11) is 23.3. The molecule has 0 aliphatic heterocycles. The molecule has 0 fully saturated rings. The Morgan fingerprint density at radius 1 is 0.288 bits per heavy atom. The van der Waals surface area contributed by atoms with Crippen molar-refractivity contribution in [3.8, 4) is 69.0 Å². The number of nitrogens with one attached hydrogen (secondary N) is 6. The number of hydrogen-bond acceptors (Lipinski definition) is 18. The van der Waals surface area contributed by atoms with Gasteiger partial charge in [0.1, 0.15) is 40.3 Å². The number of aryl methyl sites for hydroxylation is 2. The number of aromatic hydroxyl groups is 6.